The maximum Gasteiger partial charge on any atom is 0.0314 e. The van der Waals surface area contributed by atoms with Gasteiger partial charge in [0.15, 0.2) is 0 Å². The molecule has 1 aromatic rings. The van der Waals surface area contributed by atoms with Gasteiger partial charge >= 0.3 is 0 Å². The van der Waals surface area contributed by atoms with Gasteiger partial charge < -0.3 is 10.6 Å². The van der Waals surface area contributed by atoms with Crippen molar-refractivity contribution in [3.63, 3.8) is 0 Å². The van der Waals surface area contributed by atoms with Crippen LogP contribution in [0.4, 0.5) is 5.69 Å². The van der Waals surface area contributed by atoms with Crippen molar-refractivity contribution in [3.8, 4) is 0 Å². The Bertz CT molecular complexity index is 297. The highest BCUT2D eigenvalue weighted by molar-refractivity contribution is 5.39. The molecule has 0 unspecified atom stereocenters. The van der Waals surface area contributed by atoms with Gasteiger partial charge in [-0.2, -0.15) is 0 Å². The molecule has 0 bridgehead atoms. The second-order valence-electron chi connectivity index (χ2n) is 5.04. The fourth-order valence-electron chi connectivity index (χ4n) is 2.07. The highest BCUT2D eigenvalue weighted by atomic mass is 15.1. The molecule has 2 N–H and O–H groups in total. The zero-order valence-corrected chi connectivity index (χ0v) is 12.0. The Balaban J connectivity index is 2.37. The van der Waals surface area contributed by atoms with E-state index in [9.17, 15) is 0 Å². The van der Waals surface area contributed by atoms with E-state index in [0.717, 1.165) is 12.1 Å². The maximum atomic E-state index is 5.70. The molecule has 18 heavy (non-hydrogen) atoms. The molecule has 0 radical (unpaired) electrons. The molecule has 1 rings (SSSR count). The number of benzene rings is 1. The van der Waals surface area contributed by atoms with Crippen LogP contribution in [-0.4, -0.2) is 24.5 Å². The second kappa shape index (κ2) is 8.98. The molecule has 0 aliphatic rings. The fraction of sp³-hybridized carbons (Fsp3) is 0.625. The van der Waals surface area contributed by atoms with Gasteiger partial charge in [0.05, 0.1) is 0 Å². The van der Waals surface area contributed by atoms with Gasteiger partial charge in [-0.1, -0.05) is 38.8 Å². The number of anilines is 1. The summed E-state index contributed by atoms with van der Waals surface area (Å²) in [5.74, 6) is 0. The van der Waals surface area contributed by atoms with E-state index in [1.807, 2.05) is 12.1 Å². The zero-order chi connectivity index (χ0) is 13.2. The topological polar surface area (TPSA) is 29.3 Å². The molecule has 0 aromatic heterocycles. The third kappa shape index (κ3) is 6.06. The van der Waals surface area contributed by atoms with Crippen LogP contribution in [-0.2, 0) is 6.42 Å². The van der Waals surface area contributed by atoms with Crippen molar-refractivity contribution in [1.29, 1.82) is 0 Å². The van der Waals surface area contributed by atoms with Crippen LogP contribution in [0.25, 0.3) is 0 Å². The van der Waals surface area contributed by atoms with Gasteiger partial charge in [0.25, 0.3) is 0 Å². The summed E-state index contributed by atoms with van der Waals surface area (Å²) in [6.07, 6.45) is 6.32. The molecule has 0 spiro atoms. The van der Waals surface area contributed by atoms with Gasteiger partial charge in [-0.25, -0.2) is 0 Å². The molecule has 102 valence electrons. The van der Waals surface area contributed by atoms with Crippen LogP contribution < -0.4 is 5.73 Å². The Labute approximate surface area is 112 Å². The Morgan fingerprint density at radius 3 is 1.94 bits per heavy atom. The summed E-state index contributed by atoms with van der Waals surface area (Å²) in [6.45, 7) is 8.18. The Kier molecular flexibility index (Phi) is 7.51. The minimum atomic E-state index is 0.854. The van der Waals surface area contributed by atoms with Gasteiger partial charge in [-0.05, 0) is 50.0 Å². The van der Waals surface area contributed by atoms with E-state index in [0.29, 0.717) is 0 Å². The third-order valence-corrected chi connectivity index (χ3v) is 3.35. The lowest BCUT2D eigenvalue weighted by molar-refractivity contribution is 0.268. The summed E-state index contributed by atoms with van der Waals surface area (Å²) in [5, 5.41) is 0. The summed E-state index contributed by atoms with van der Waals surface area (Å²) in [7, 11) is 0. The molecular formula is C16H28N2. The van der Waals surface area contributed by atoms with E-state index in [-0.39, 0.29) is 0 Å². The molecule has 0 saturated carbocycles. The van der Waals surface area contributed by atoms with Crippen molar-refractivity contribution < 1.29 is 0 Å². The average molecular weight is 248 g/mol. The van der Waals surface area contributed by atoms with Crippen LogP contribution in [0.1, 0.15) is 45.1 Å². The van der Waals surface area contributed by atoms with Gasteiger partial charge in [-0.15, -0.1) is 0 Å². The lowest BCUT2D eigenvalue weighted by atomic mass is 10.1. The second-order valence-corrected chi connectivity index (χ2v) is 5.04. The number of unbranched alkanes of at least 4 members (excludes halogenated alkanes) is 2. The fourth-order valence-corrected chi connectivity index (χ4v) is 2.07. The molecule has 2 heteroatoms. The van der Waals surface area contributed by atoms with Crippen molar-refractivity contribution in [3.05, 3.63) is 29.8 Å². The number of nitrogen functional groups attached to an aromatic ring is 1. The normalized spacial score (nSPS) is 11.1. The first-order valence-electron chi connectivity index (χ1n) is 7.33. The van der Waals surface area contributed by atoms with Crippen molar-refractivity contribution in [2.75, 3.05) is 25.4 Å². The molecule has 2 nitrogen and oxygen atoms in total. The van der Waals surface area contributed by atoms with Crippen molar-refractivity contribution in [2.24, 2.45) is 0 Å². The summed E-state index contributed by atoms with van der Waals surface area (Å²) < 4.78 is 0. The smallest absolute Gasteiger partial charge is 0.0314 e. The Morgan fingerprint density at radius 1 is 0.889 bits per heavy atom. The van der Waals surface area contributed by atoms with E-state index in [4.69, 9.17) is 5.73 Å². The monoisotopic (exact) mass is 248 g/mol. The minimum Gasteiger partial charge on any atom is -0.399 e. The van der Waals surface area contributed by atoms with E-state index in [1.54, 1.807) is 0 Å². The number of nitrogens with two attached hydrogens (primary N) is 1. The van der Waals surface area contributed by atoms with E-state index >= 15 is 0 Å². The predicted octanol–water partition coefficient (Wildman–Crippen LogP) is 3.71. The first-order valence-corrected chi connectivity index (χ1v) is 7.33. The molecular weight excluding hydrogens is 220 g/mol. The maximum absolute atomic E-state index is 5.70. The van der Waals surface area contributed by atoms with E-state index < -0.39 is 0 Å². The van der Waals surface area contributed by atoms with E-state index in [1.165, 1.54) is 50.9 Å². The predicted molar refractivity (Wildman–Crippen MR) is 80.8 cm³/mol. The number of hydrogen-bond acceptors (Lipinski definition) is 2. The molecule has 0 amide bonds. The highest BCUT2D eigenvalue weighted by Gasteiger charge is 2.04. The number of rotatable bonds is 9. The van der Waals surface area contributed by atoms with Crippen molar-refractivity contribution in [1.82, 2.24) is 4.90 Å². The quantitative estimate of drug-likeness (QED) is 0.675. The number of nitrogens with zero attached hydrogens (tertiary/aromatic N) is 1. The summed E-state index contributed by atoms with van der Waals surface area (Å²) in [6, 6.07) is 8.29. The van der Waals surface area contributed by atoms with Gasteiger partial charge in [0.1, 0.15) is 0 Å². The molecule has 1 aromatic carbocycles. The first-order chi connectivity index (χ1) is 8.76. The summed E-state index contributed by atoms with van der Waals surface area (Å²) in [4.78, 5) is 2.60. The van der Waals surface area contributed by atoms with Crippen LogP contribution in [0.5, 0.6) is 0 Å². The molecule has 0 fully saturated rings. The summed E-state index contributed by atoms with van der Waals surface area (Å²) in [5.41, 5.74) is 7.95. The highest BCUT2D eigenvalue weighted by Crippen LogP contribution is 2.08. The minimum absolute atomic E-state index is 0.854. The van der Waals surface area contributed by atoms with Crippen molar-refractivity contribution in [2.45, 2.75) is 46.0 Å². The lowest BCUT2D eigenvalue weighted by Gasteiger charge is -2.21. The van der Waals surface area contributed by atoms with Crippen LogP contribution in [0, 0.1) is 0 Å². The van der Waals surface area contributed by atoms with E-state index in [2.05, 4.69) is 30.9 Å². The largest absolute Gasteiger partial charge is 0.399 e. The molecule has 0 atom stereocenters. The molecule has 0 saturated heterocycles. The van der Waals surface area contributed by atoms with Gasteiger partial charge in [0.2, 0.25) is 0 Å². The Morgan fingerprint density at radius 2 is 1.44 bits per heavy atom. The SMILES string of the molecule is CCCCN(CCCC)CCc1ccc(N)cc1. The molecule has 0 aliphatic heterocycles. The molecule has 0 heterocycles. The van der Waals surface area contributed by atoms with Gasteiger partial charge in [0, 0.05) is 12.2 Å². The lowest BCUT2D eigenvalue weighted by Crippen LogP contribution is -2.28. The van der Waals surface area contributed by atoms with Crippen LogP contribution >= 0.6 is 0 Å². The average Bonchev–Trinajstić information content (AvgIpc) is 2.40. The third-order valence-electron chi connectivity index (χ3n) is 3.35. The first kappa shape index (κ1) is 15.0. The summed E-state index contributed by atoms with van der Waals surface area (Å²) >= 11 is 0. The van der Waals surface area contributed by atoms with Crippen LogP contribution in [0.15, 0.2) is 24.3 Å². The zero-order valence-electron chi connectivity index (χ0n) is 12.0. The molecule has 0 aliphatic carbocycles. The van der Waals surface area contributed by atoms with Crippen LogP contribution in [0.2, 0.25) is 0 Å². The van der Waals surface area contributed by atoms with Crippen molar-refractivity contribution >= 4 is 5.69 Å². The number of hydrogen-bond donors (Lipinski definition) is 1. The Hall–Kier alpha value is -1.02. The standard InChI is InChI=1S/C16H28N2/c1-3-5-12-18(13-6-4-2)14-11-15-7-9-16(17)10-8-15/h7-10H,3-6,11-14,17H2,1-2H3. The van der Waals surface area contributed by atoms with Gasteiger partial charge in [-0.3, -0.25) is 0 Å². The van der Waals surface area contributed by atoms with Crippen LogP contribution in [0.3, 0.4) is 0 Å².